The van der Waals surface area contributed by atoms with Gasteiger partial charge in [0, 0.05) is 17.1 Å². The second-order valence-corrected chi connectivity index (χ2v) is 8.82. The third-order valence-corrected chi connectivity index (χ3v) is 6.28. The first-order chi connectivity index (χ1) is 17.2. The topological polar surface area (TPSA) is 75.5 Å². The van der Waals surface area contributed by atoms with Crippen molar-refractivity contribution < 1.29 is 27.8 Å². The van der Waals surface area contributed by atoms with Crippen molar-refractivity contribution in [1.82, 2.24) is 4.57 Å². The highest BCUT2D eigenvalue weighted by atomic mass is 19.4. The van der Waals surface area contributed by atoms with Gasteiger partial charge in [0.1, 0.15) is 12.3 Å². The number of fused-ring (bicyclic) bond motifs is 1. The molecule has 1 aliphatic carbocycles. The van der Waals surface area contributed by atoms with Gasteiger partial charge in [0.25, 0.3) is 0 Å². The number of ether oxygens (including phenoxy) is 1. The number of halogens is 3. The highest BCUT2D eigenvalue weighted by Gasteiger charge is 2.30. The van der Waals surface area contributed by atoms with Crippen molar-refractivity contribution in [1.29, 1.82) is 0 Å². The SMILES string of the molecule is COc1cc(C(=O)O)ccc1NCC#Cc1cc2c(NC3CCCCC3)cccc2n1CC(F)(F)F. The lowest BCUT2D eigenvalue weighted by molar-refractivity contribution is -0.140. The summed E-state index contributed by atoms with van der Waals surface area (Å²) in [4.78, 5) is 11.2. The van der Waals surface area contributed by atoms with Crippen LogP contribution in [0.2, 0.25) is 0 Å². The molecule has 2 aromatic carbocycles. The van der Waals surface area contributed by atoms with Crippen LogP contribution < -0.4 is 15.4 Å². The number of benzene rings is 2. The summed E-state index contributed by atoms with van der Waals surface area (Å²) in [5.74, 6) is 5.03. The standard InChI is InChI=1S/C27H28F3N3O3/c1-36-25-15-18(26(34)35)12-13-23(25)31-14-6-9-20-16-21-22(32-19-7-3-2-4-8-19)10-5-11-24(21)33(20)17-27(28,29)30/h5,10-13,15-16,19,31-32H,2-4,7-8,14,17H2,1H3,(H,34,35). The van der Waals surface area contributed by atoms with Crippen molar-refractivity contribution >= 4 is 28.2 Å². The molecule has 0 atom stereocenters. The Kier molecular flexibility index (Phi) is 7.63. The van der Waals surface area contributed by atoms with Crippen LogP contribution in [0.4, 0.5) is 24.5 Å². The maximum Gasteiger partial charge on any atom is 0.406 e. The molecule has 9 heteroatoms. The van der Waals surface area contributed by atoms with Crippen LogP contribution in [0.1, 0.15) is 48.2 Å². The molecule has 1 fully saturated rings. The lowest BCUT2D eigenvalue weighted by Crippen LogP contribution is -2.22. The number of carboxylic acids is 1. The summed E-state index contributed by atoms with van der Waals surface area (Å²) in [6.45, 7) is -1.01. The Morgan fingerprint density at radius 1 is 1.14 bits per heavy atom. The average molecular weight is 500 g/mol. The van der Waals surface area contributed by atoms with Gasteiger partial charge in [-0.15, -0.1) is 0 Å². The largest absolute Gasteiger partial charge is 0.495 e. The van der Waals surface area contributed by atoms with Crippen LogP contribution in [-0.4, -0.2) is 41.5 Å². The normalized spacial score (nSPS) is 14.2. The van der Waals surface area contributed by atoms with E-state index in [9.17, 15) is 18.0 Å². The Labute approximate surface area is 207 Å². The van der Waals surface area contributed by atoms with Crippen molar-refractivity contribution in [3.05, 3.63) is 53.7 Å². The molecule has 0 spiro atoms. The van der Waals surface area contributed by atoms with Crippen molar-refractivity contribution in [3.63, 3.8) is 0 Å². The van der Waals surface area contributed by atoms with Gasteiger partial charge < -0.3 is 25.0 Å². The predicted octanol–water partition coefficient (Wildman–Crippen LogP) is 6.12. The molecule has 0 amide bonds. The highest BCUT2D eigenvalue weighted by Crippen LogP contribution is 2.32. The third-order valence-electron chi connectivity index (χ3n) is 6.28. The first-order valence-corrected chi connectivity index (χ1v) is 11.8. The summed E-state index contributed by atoms with van der Waals surface area (Å²) in [7, 11) is 1.42. The smallest absolute Gasteiger partial charge is 0.406 e. The van der Waals surface area contributed by atoms with Gasteiger partial charge in [-0.3, -0.25) is 0 Å². The monoisotopic (exact) mass is 499 g/mol. The Morgan fingerprint density at radius 3 is 2.61 bits per heavy atom. The van der Waals surface area contributed by atoms with E-state index in [1.807, 2.05) is 6.07 Å². The fraction of sp³-hybridized carbons (Fsp3) is 0.370. The lowest BCUT2D eigenvalue weighted by Gasteiger charge is -2.24. The van der Waals surface area contributed by atoms with E-state index in [2.05, 4.69) is 22.5 Å². The minimum absolute atomic E-state index is 0.0813. The van der Waals surface area contributed by atoms with Crippen molar-refractivity contribution in [2.24, 2.45) is 0 Å². The number of hydrogen-bond acceptors (Lipinski definition) is 4. The molecule has 0 radical (unpaired) electrons. The molecule has 36 heavy (non-hydrogen) atoms. The molecule has 0 bridgehead atoms. The number of carboxylic acid groups (broad SMARTS) is 1. The maximum atomic E-state index is 13.4. The molecule has 3 aromatic rings. The molecule has 3 N–H and O–H groups in total. The summed E-state index contributed by atoms with van der Waals surface area (Å²) >= 11 is 0. The second kappa shape index (κ2) is 10.9. The van der Waals surface area contributed by atoms with Gasteiger partial charge >= 0.3 is 12.1 Å². The quantitative estimate of drug-likeness (QED) is 0.342. The Hall–Kier alpha value is -3.80. The van der Waals surface area contributed by atoms with E-state index in [1.165, 1.54) is 30.2 Å². The number of hydrogen-bond donors (Lipinski definition) is 3. The molecule has 190 valence electrons. The molecule has 1 heterocycles. The molecule has 0 saturated heterocycles. The fourth-order valence-electron chi connectivity index (χ4n) is 4.57. The number of nitrogens with one attached hydrogen (secondary N) is 2. The first-order valence-electron chi connectivity index (χ1n) is 11.8. The molecule has 6 nitrogen and oxygen atoms in total. The van der Waals surface area contributed by atoms with Crippen LogP contribution >= 0.6 is 0 Å². The minimum Gasteiger partial charge on any atom is -0.495 e. The summed E-state index contributed by atoms with van der Waals surface area (Å²) in [6, 6.07) is 11.8. The first kappa shape index (κ1) is 25.3. The van der Waals surface area contributed by atoms with Gasteiger partial charge in [-0.2, -0.15) is 13.2 Å². The van der Waals surface area contributed by atoms with Crippen molar-refractivity contribution in [2.75, 3.05) is 24.3 Å². The van der Waals surface area contributed by atoms with Crippen LogP contribution in [-0.2, 0) is 6.54 Å². The van der Waals surface area contributed by atoms with E-state index < -0.39 is 18.7 Å². The molecule has 4 rings (SSSR count). The number of rotatable bonds is 7. The zero-order valence-electron chi connectivity index (χ0n) is 19.9. The molecule has 1 aliphatic rings. The number of methoxy groups -OCH3 is 1. The molecule has 1 saturated carbocycles. The van der Waals surface area contributed by atoms with Gasteiger partial charge in [-0.1, -0.05) is 31.2 Å². The highest BCUT2D eigenvalue weighted by molar-refractivity contribution is 5.94. The zero-order chi connectivity index (χ0) is 25.7. The van der Waals surface area contributed by atoms with Gasteiger partial charge in [0.2, 0.25) is 0 Å². The predicted molar refractivity (Wildman–Crippen MR) is 134 cm³/mol. The van der Waals surface area contributed by atoms with Crippen LogP contribution in [0.15, 0.2) is 42.5 Å². The molecule has 1 aromatic heterocycles. The van der Waals surface area contributed by atoms with E-state index in [4.69, 9.17) is 9.84 Å². The molecule has 0 aliphatic heterocycles. The third kappa shape index (κ3) is 6.06. The number of anilines is 2. The number of carbonyl (C=O) groups is 1. The fourth-order valence-corrected chi connectivity index (χ4v) is 4.57. The van der Waals surface area contributed by atoms with E-state index in [-0.39, 0.29) is 17.8 Å². The zero-order valence-corrected chi connectivity index (χ0v) is 19.9. The summed E-state index contributed by atoms with van der Waals surface area (Å²) in [5.41, 5.74) is 2.20. The molecular formula is C27H28F3N3O3. The van der Waals surface area contributed by atoms with Gasteiger partial charge in [0.05, 0.1) is 36.1 Å². The van der Waals surface area contributed by atoms with Crippen LogP contribution in [0.25, 0.3) is 10.9 Å². The van der Waals surface area contributed by atoms with Gasteiger partial charge in [0.15, 0.2) is 0 Å². The summed E-state index contributed by atoms with van der Waals surface area (Å²) in [5, 5.41) is 16.4. The van der Waals surface area contributed by atoms with Crippen LogP contribution in [0.5, 0.6) is 5.75 Å². The molecular weight excluding hydrogens is 471 g/mol. The Morgan fingerprint density at radius 2 is 1.92 bits per heavy atom. The Balaban J connectivity index is 1.59. The van der Waals surface area contributed by atoms with Gasteiger partial charge in [-0.05, 0) is 55.2 Å². The maximum absolute atomic E-state index is 13.4. The van der Waals surface area contributed by atoms with E-state index in [0.29, 0.717) is 23.0 Å². The summed E-state index contributed by atoms with van der Waals surface area (Å²) < 4.78 is 46.7. The van der Waals surface area contributed by atoms with E-state index in [1.54, 1.807) is 24.3 Å². The lowest BCUT2D eigenvalue weighted by atomic mass is 9.95. The van der Waals surface area contributed by atoms with Crippen molar-refractivity contribution in [2.45, 2.75) is 50.9 Å². The van der Waals surface area contributed by atoms with Crippen LogP contribution in [0.3, 0.4) is 0 Å². The summed E-state index contributed by atoms with van der Waals surface area (Å²) in [6.07, 6.45) is 1.22. The second-order valence-electron chi connectivity index (χ2n) is 8.82. The van der Waals surface area contributed by atoms with Crippen molar-refractivity contribution in [3.8, 4) is 17.6 Å². The number of alkyl halides is 3. The Bertz CT molecular complexity index is 1300. The molecule has 0 unspecified atom stereocenters. The van der Waals surface area contributed by atoms with Crippen LogP contribution in [0, 0.1) is 11.8 Å². The van der Waals surface area contributed by atoms with E-state index >= 15 is 0 Å². The number of aromatic carboxylic acids is 1. The number of nitrogens with zero attached hydrogens (tertiary/aromatic N) is 1. The number of aromatic nitrogens is 1. The van der Waals surface area contributed by atoms with E-state index in [0.717, 1.165) is 36.8 Å². The van der Waals surface area contributed by atoms with Gasteiger partial charge in [-0.25, -0.2) is 4.79 Å². The minimum atomic E-state index is -4.40. The average Bonchev–Trinajstić information content (AvgIpc) is 3.19.